The highest BCUT2D eigenvalue weighted by Gasteiger charge is 2.06. The number of unbranched alkanes of at least 4 members (excludes halogenated alkanes) is 12. The Morgan fingerprint density at radius 2 is 1.09 bits per heavy atom. The summed E-state index contributed by atoms with van der Waals surface area (Å²) in [5, 5.41) is 0. The highest BCUT2D eigenvalue weighted by atomic mass is 31.2. The van der Waals surface area contributed by atoms with E-state index in [0.717, 1.165) is 0 Å². The number of nitrogens with two attached hydrogens (primary N) is 1. The maximum atomic E-state index is 6.21. The van der Waals surface area contributed by atoms with Crippen LogP contribution in [0.2, 0.25) is 0 Å². The summed E-state index contributed by atoms with van der Waals surface area (Å²) in [7, 11) is 0. The lowest BCUT2D eigenvalue weighted by Gasteiger charge is -2.16. The van der Waals surface area contributed by atoms with Gasteiger partial charge in [-0.2, -0.15) is 0 Å². The Kier molecular flexibility index (Phi) is 15.9. The van der Waals surface area contributed by atoms with E-state index in [-0.39, 0.29) is 0 Å². The molecule has 0 aliphatic heterocycles. The minimum absolute atomic E-state index is 0.420. The molecule has 0 saturated carbocycles. The Balaban J connectivity index is 3.17. The molecule has 0 aliphatic carbocycles. The first-order chi connectivity index (χ1) is 11.0. The van der Waals surface area contributed by atoms with Crippen LogP contribution in [0.4, 0.5) is 0 Å². The molecule has 0 fully saturated rings. The molecule has 0 amide bonds. The molecule has 2 N–H and O–H groups in total. The molecule has 1 nitrogen and oxygen atoms in total. The molecule has 0 spiro atoms. The molecular formula is C21H46NP. The summed E-state index contributed by atoms with van der Waals surface area (Å²) >= 11 is 0. The van der Waals surface area contributed by atoms with E-state index in [1.54, 1.807) is 0 Å². The van der Waals surface area contributed by atoms with Crippen LogP contribution < -0.4 is 5.73 Å². The van der Waals surface area contributed by atoms with Crippen molar-refractivity contribution in [3.05, 3.63) is 0 Å². The second kappa shape index (κ2) is 15.8. The SMILES string of the molecule is C=P(C)(C)CC[C@H](N)CCCCCCCCCCCCCCC. The third-order valence-corrected chi connectivity index (χ3v) is 6.25. The van der Waals surface area contributed by atoms with E-state index in [1.165, 1.54) is 102 Å². The van der Waals surface area contributed by atoms with Crippen molar-refractivity contribution in [2.24, 2.45) is 5.73 Å². The van der Waals surface area contributed by atoms with Crippen LogP contribution >= 0.6 is 6.89 Å². The molecule has 0 bridgehead atoms. The van der Waals surface area contributed by atoms with Gasteiger partial charge in [0.05, 0.1) is 0 Å². The van der Waals surface area contributed by atoms with Gasteiger partial charge in [0.25, 0.3) is 0 Å². The third kappa shape index (κ3) is 20.2. The van der Waals surface area contributed by atoms with Crippen molar-refractivity contribution in [3.63, 3.8) is 0 Å². The second-order valence-corrected chi connectivity index (χ2v) is 12.6. The van der Waals surface area contributed by atoms with Gasteiger partial charge in [-0.25, -0.2) is 0 Å². The van der Waals surface area contributed by atoms with Gasteiger partial charge in [-0.1, -0.05) is 90.4 Å². The summed E-state index contributed by atoms with van der Waals surface area (Å²) in [6, 6.07) is 0.420. The van der Waals surface area contributed by atoms with Crippen molar-refractivity contribution in [2.75, 3.05) is 19.5 Å². The third-order valence-electron chi connectivity index (χ3n) is 4.78. The molecule has 0 radical (unpaired) electrons. The summed E-state index contributed by atoms with van der Waals surface area (Å²) < 4.78 is 0. The largest absolute Gasteiger partial charge is 0.328 e. The molecule has 0 rings (SSSR count). The smallest absolute Gasteiger partial charge is 0.00421 e. The van der Waals surface area contributed by atoms with Gasteiger partial charge in [-0.05, 0) is 32.3 Å². The summed E-state index contributed by atoms with van der Waals surface area (Å²) in [5.74, 6) is 0. The van der Waals surface area contributed by atoms with Crippen LogP contribution in [0, 0.1) is 0 Å². The molecule has 2 heteroatoms. The van der Waals surface area contributed by atoms with E-state index < -0.39 is 6.89 Å². The summed E-state index contributed by atoms with van der Waals surface area (Å²) in [5.41, 5.74) is 6.21. The van der Waals surface area contributed by atoms with Crippen LogP contribution in [0.3, 0.4) is 0 Å². The molecular weight excluding hydrogens is 297 g/mol. The zero-order valence-corrected chi connectivity index (χ0v) is 17.5. The van der Waals surface area contributed by atoms with Crippen LogP contribution in [0.5, 0.6) is 0 Å². The van der Waals surface area contributed by atoms with Crippen LogP contribution in [0.15, 0.2) is 0 Å². The standard InChI is InChI=1S/C21H46NP/c1-5-6-7-8-9-10-11-12-13-14-15-16-17-18-21(22)19-20-23(2,3)4/h21H,2,5-20,22H2,1,3-4H3/t21-/m1/s1. The maximum absolute atomic E-state index is 6.21. The molecule has 0 unspecified atom stereocenters. The Hall–Kier alpha value is 0.260. The van der Waals surface area contributed by atoms with Gasteiger partial charge < -0.3 is 5.73 Å². The average Bonchev–Trinajstić information content (AvgIpc) is 2.49. The van der Waals surface area contributed by atoms with Crippen LogP contribution in [0.1, 0.15) is 103 Å². The number of hydrogen-bond donors (Lipinski definition) is 1. The molecule has 1 atom stereocenters. The van der Waals surface area contributed by atoms with Crippen LogP contribution in [-0.2, 0) is 0 Å². The number of hydrogen-bond acceptors (Lipinski definition) is 1. The zero-order chi connectivity index (χ0) is 17.4. The predicted octanol–water partition coefficient (Wildman–Crippen LogP) is 6.89. The monoisotopic (exact) mass is 343 g/mol. The van der Waals surface area contributed by atoms with Crippen molar-refractivity contribution in [3.8, 4) is 0 Å². The first-order valence-corrected chi connectivity index (χ1v) is 13.4. The Morgan fingerprint density at radius 3 is 1.48 bits per heavy atom. The summed E-state index contributed by atoms with van der Waals surface area (Å²) in [6.07, 6.45) is 26.5. The lowest BCUT2D eigenvalue weighted by molar-refractivity contribution is 0.512. The normalized spacial score (nSPS) is 13.4. The molecule has 0 heterocycles. The van der Waals surface area contributed by atoms with Crippen molar-refractivity contribution in [1.29, 1.82) is 0 Å². The first-order valence-electron chi connectivity index (χ1n) is 10.4. The average molecular weight is 344 g/mol. The topological polar surface area (TPSA) is 26.0 Å². The zero-order valence-electron chi connectivity index (χ0n) is 16.6. The van der Waals surface area contributed by atoms with E-state index in [9.17, 15) is 0 Å². The number of rotatable bonds is 17. The van der Waals surface area contributed by atoms with Crippen molar-refractivity contribution < 1.29 is 0 Å². The minimum Gasteiger partial charge on any atom is -0.328 e. The van der Waals surface area contributed by atoms with Gasteiger partial charge >= 0.3 is 0 Å². The van der Waals surface area contributed by atoms with Gasteiger partial charge in [0.1, 0.15) is 0 Å². The molecule has 0 saturated heterocycles. The fourth-order valence-electron chi connectivity index (χ4n) is 3.08. The molecule has 140 valence electrons. The van der Waals surface area contributed by atoms with E-state index in [0.29, 0.717) is 6.04 Å². The molecule has 0 aliphatic rings. The predicted molar refractivity (Wildman–Crippen MR) is 114 cm³/mol. The molecule has 0 aromatic rings. The van der Waals surface area contributed by atoms with E-state index in [4.69, 9.17) is 5.73 Å². The first kappa shape index (κ1) is 23.3. The Morgan fingerprint density at radius 1 is 0.696 bits per heavy atom. The molecule has 23 heavy (non-hydrogen) atoms. The summed E-state index contributed by atoms with van der Waals surface area (Å²) in [6.45, 7) is 6.04. The fourth-order valence-corrected chi connectivity index (χ4v) is 4.11. The Bertz CT molecular complexity index is 282. The highest BCUT2D eigenvalue weighted by molar-refractivity contribution is 7.72. The molecule has 0 aromatic heterocycles. The van der Waals surface area contributed by atoms with Gasteiger partial charge in [0, 0.05) is 6.04 Å². The van der Waals surface area contributed by atoms with Crippen molar-refractivity contribution in [2.45, 2.75) is 109 Å². The van der Waals surface area contributed by atoms with E-state index in [1.807, 2.05) is 0 Å². The van der Waals surface area contributed by atoms with Crippen LogP contribution in [-0.4, -0.2) is 31.8 Å². The maximum Gasteiger partial charge on any atom is 0.00421 e. The van der Waals surface area contributed by atoms with Gasteiger partial charge in [-0.3, -0.25) is 0 Å². The van der Waals surface area contributed by atoms with Crippen LogP contribution in [0.25, 0.3) is 0 Å². The summed E-state index contributed by atoms with van der Waals surface area (Å²) in [4.78, 5) is 0. The van der Waals surface area contributed by atoms with Gasteiger partial charge in [0.15, 0.2) is 0 Å². The van der Waals surface area contributed by atoms with E-state index >= 15 is 0 Å². The van der Waals surface area contributed by atoms with Gasteiger partial charge in [-0.15, -0.1) is 13.2 Å². The Labute approximate surface area is 148 Å². The van der Waals surface area contributed by atoms with E-state index in [2.05, 4.69) is 26.6 Å². The minimum atomic E-state index is -0.871. The fraction of sp³-hybridized carbons (Fsp3) is 0.952. The van der Waals surface area contributed by atoms with Crippen molar-refractivity contribution in [1.82, 2.24) is 0 Å². The second-order valence-electron chi connectivity index (χ2n) is 8.24. The lowest BCUT2D eigenvalue weighted by Crippen LogP contribution is -2.21. The highest BCUT2D eigenvalue weighted by Crippen LogP contribution is 2.36. The van der Waals surface area contributed by atoms with Crippen molar-refractivity contribution >= 4 is 13.2 Å². The molecule has 0 aromatic carbocycles. The quantitative estimate of drug-likeness (QED) is 0.226. The lowest BCUT2D eigenvalue weighted by atomic mass is 10.0. The van der Waals surface area contributed by atoms with Gasteiger partial charge in [0.2, 0.25) is 0 Å².